The normalized spacial score (nSPS) is 15.9. The molecule has 30 heavy (non-hydrogen) atoms. The molecule has 0 bridgehead atoms. The van der Waals surface area contributed by atoms with Crippen molar-refractivity contribution >= 4 is 17.4 Å². The van der Waals surface area contributed by atoms with Crippen LogP contribution in [0, 0.1) is 0 Å². The molecule has 2 aromatic rings. The second-order valence-electron chi connectivity index (χ2n) is 7.33. The lowest BCUT2D eigenvalue weighted by atomic mass is 10.2. The number of hydrogen-bond acceptors (Lipinski definition) is 6. The van der Waals surface area contributed by atoms with Gasteiger partial charge in [-0.3, -0.25) is 19.1 Å². The minimum atomic E-state index is -0.697. The number of nitrogens with one attached hydrogen (secondary N) is 1. The Labute approximate surface area is 174 Å². The molecule has 0 radical (unpaired) electrons. The van der Waals surface area contributed by atoms with E-state index in [-0.39, 0.29) is 17.6 Å². The largest absolute Gasteiger partial charge is 0.491 e. The average molecular weight is 416 g/mol. The summed E-state index contributed by atoms with van der Waals surface area (Å²) in [6.07, 6.45) is 3.71. The van der Waals surface area contributed by atoms with Crippen molar-refractivity contribution in [1.29, 1.82) is 0 Å². The molecule has 0 unspecified atom stereocenters. The highest BCUT2D eigenvalue weighted by Gasteiger charge is 2.22. The third-order valence-electron chi connectivity index (χ3n) is 5.15. The first-order valence-corrected chi connectivity index (χ1v) is 10.2. The zero-order valence-electron chi connectivity index (χ0n) is 17.3. The number of carbonyl (C=O) groups excluding carboxylic acids is 1. The lowest BCUT2D eigenvalue weighted by Crippen LogP contribution is -2.39. The van der Waals surface area contributed by atoms with Crippen molar-refractivity contribution in [3.63, 3.8) is 0 Å². The number of nitrogens with two attached hydrogens (primary N) is 1. The third kappa shape index (κ3) is 4.73. The van der Waals surface area contributed by atoms with E-state index < -0.39 is 17.2 Å². The van der Waals surface area contributed by atoms with Gasteiger partial charge in [0.15, 0.2) is 5.69 Å². The first-order chi connectivity index (χ1) is 14.4. The van der Waals surface area contributed by atoms with E-state index >= 15 is 0 Å². The van der Waals surface area contributed by atoms with Crippen molar-refractivity contribution in [2.45, 2.75) is 45.3 Å². The number of anilines is 2. The van der Waals surface area contributed by atoms with Crippen LogP contribution in [0.25, 0.3) is 0 Å². The van der Waals surface area contributed by atoms with Gasteiger partial charge in [-0.15, -0.1) is 0 Å². The molecular weight excluding hydrogens is 388 g/mol. The minimum Gasteiger partial charge on any atom is -0.491 e. The van der Waals surface area contributed by atoms with Crippen LogP contribution in [0.3, 0.4) is 0 Å². The summed E-state index contributed by atoms with van der Waals surface area (Å²) in [5, 5.41) is 0. The Kier molecular flexibility index (Phi) is 6.94. The fourth-order valence-electron chi connectivity index (χ4n) is 3.39. The summed E-state index contributed by atoms with van der Waals surface area (Å²) >= 11 is 0. The van der Waals surface area contributed by atoms with Crippen LogP contribution in [-0.2, 0) is 11.3 Å². The summed E-state index contributed by atoms with van der Waals surface area (Å²) in [4.78, 5) is 40.7. The van der Waals surface area contributed by atoms with Crippen LogP contribution in [0.5, 0.6) is 5.75 Å². The molecule has 1 saturated heterocycles. The van der Waals surface area contributed by atoms with Crippen LogP contribution in [0.1, 0.15) is 43.0 Å². The Hall–Kier alpha value is -3.07. The molecule has 1 fully saturated rings. The summed E-state index contributed by atoms with van der Waals surface area (Å²) in [5.74, 6) is 0.193. The zero-order chi connectivity index (χ0) is 21.7. The average Bonchev–Trinajstić information content (AvgIpc) is 3.25. The summed E-state index contributed by atoms with van der Waals surface area (Å²) in [5.41, 5.74) is 5.13. The molecular formula is C21H28N4O5. The van der Waals surface area contributed by atoms with Gasteiger partial charge in [0.2, 0.25) is 0 Å². The fraction of sp³-hybridized carbons (Fsp3) is 0.476. The predicted octanol–water partition coefficient (Wildman–Crippen LogP) is 1.75. The Morgan fingerprint density at radius 2 is 2.07 bits per heavy atom. The van der Waals surface area contributed by atoms with Crippen molar-refractivity contribution in [3.8, 4) is 5.75 Å². The number of ether oxygens (including phenoxy) is 2. The Bertz CT molecular complexity index is 990. The van der Waals surface area contributed by atoms with Gasteiger partial charge in [0.25, 0.3) is 11.5 Å². The van der Waals surface area contributed by atoms with Gasteiger partial charge in [-0.2, -0.15) is 0 Å². The fourth-order valence-corrected chi connectivity index (χ4v) is 3.39. The van der Waals surface area contributed by atoms with E-state index in [2.05, 4.69) is 4.98 Å². The van der Waals surface area contributed by atoms with E-state index in [9.17, 15) is 14.4 Å². The van der Waals surface area contributed by atoms with Crippen molar-refractivity contribution < 1.29 is 14.3 Å². The van der Waals surface area contributed by atoms with Crippen LogP contribution in [0.2, 0.25) is 0 Å². The molecule has 3 N–H and O–H groups in total. The maximum atomic E-state index is 12.9. The zero-order valence-corrected chi connectivity index (χ0v) is 17.3. The number of H-pyrrole nitrogens is 1. The van der Waals surface area contributed by atoms with Crippen LogP contribution in [-0.4, -0.2) is 41.8 Å². The van der Waals surface area contributed by atoms with E-state index in [1.165, 1.54) is 11.6 Å². The number of aromatic amines is 1. The highest BCUT2D eigenvalue weighted by Crippen LogP contribution is 2.20. The summed E-state index contributed by atoms with van der Waals surface area (Å²) in [6.45, 7) is 3.58. The maximum Gasteiger partial charge on any atom is 0.330 e. The Morgan fingerprint density at radius 3 is 2.70 bits per heavy atom. The minimum absolute atomic E-state index is 0.0235. The molecule has 162 valence electrons. The van der Waals surface area contributed by atoms with Crippen LogP contribution in [0.4, 0.5) is 11.5 Å². The number of aromatic nitrogens is 2. The maximum absolute atomic E-state index is 12.9. The summed E-state index contributed by atoms with van der Waals surface area (Å²) in [7, 11) is 1.46. The quantitative estimate of drug-likeness (QED) is 0.677. The van der Waals surface area contributed by atoms with Gasteiger partial charge in [-0.05, 0) is 43.5 Å². The van der Waals surface area contributed by atoms with E-state index in [1.54, 1.807) is 24.3 Å². The van der Waals surface area contributed by atoms with Crippen LogP contribution >= 0.6 is 0 Å². The lowest BCUT2D eigenvalue weighted by molar-refractivity contribution is 0.0679. The summed E-state index contributed by atoms with van der Waals surface area (Å²) < 4.78 is 12.5. The van der Waals surface area contributed by atoms with E-state index in [1.807, 2.05) is 6.92 Å². The second-order valence-corrected chi connectivity index (χ2v) is 7.33. The van der Waals surface area contributed by atoms with Crippen LogP contribution < -0.4 is 26.6 Å². The van der Waals surface area contributed by atoms with E-state index in [4.69, 9.17) is 15.2 Å². The van der Waals surface area contributed by atoms with Crippen molar-refractivity contribution in [3.05, 3.63) is 50.7 Å². The number of rotatable bonds is 8. The van der Waals surface area contributed by atoms with Gasteiger partial charge in [-0.25, -0.2) is 4.79 Å². The molecule has 0 spiro atoms. The Balaban J connectivity index is 1.76. The molecule has 1 aliphatic rings. The van der Waals surface area contributed by atoms with Gasteiger partial charge in [0, 0.05) is 25.8 Å². The van der Waals surface area contributed by atoms with E-state index in [0.717, 1.165) is 37.2 Å². The smallest absolute Gasteiger partial charge is 0.330 e. The molecule has 1 aromatic heterocycles. The molecule has 1 aromatic carbocycles. The highest BCUT2D eigenvalue weighted by molar-refractivity contribution is 6.06. The first-order valence-electron chi connectivity index (χ1n) is 10.2. The lowest BCUT2D eigenvalue weighted by Gasteiger charge is -2.20. The van der Waals surface area contributed by atoms with Crippen molar-refractivity contribution in [1.82, 2.24) is 9.55 Å². The number of unbranched alkanes of at least 4 members (excludes halogenated alkanes) is 1. The predicted molar refractivity (Wildman–Crippen MR) is 114 cm³/mol. The number of amides is 1. The standard InChI is InChI=1S/C21H28N4O5/c1-3-4-11-25-18(22)17(19(26)23-21(25)28)24(2)20(27)14-7-9-15(10-8-14)30-13-16-6-5-12-29-16/h7-10,16H,3-6,11-13,22H2,1-2H3,(H,23,26,28)/t16-/m1/s1. The van der Waals surface area contributed by atoms with Gasteiger partial charge in [0.05, 0.1) is 6.10 Å². The molecule has 2 heterocycles. The van der Waals surface area contributed by atoms with E-state index in [0.29, 0.717) is 24.5 Å². The van der Waals surface area contributed by atoms with Crippen LogP contribution in [0.15, 0.2) is 33.9 Å². The topological polar surface area (TPSA) is 120 Å². The molecule has 3 rings (SSSR count). The number of nitrogen functional groups attached to an aromatic ring is 1. The molecule has 1 amide bonds. The molecule has 9 nitrogen and oxygen atoms in total. The van der Waals surface area contributed by atoms with Gasteiger partial charge in [0.1, 0.15) is 18.2 Å². The SMILES string of the molecule is CCCCn1c(N)c(N(C)C(=O)c2ccc(OC[C@H]3CCCO3)cc2)c(=O)[nH]c1=O. The van der Waals surface area contributed by atoms with Crippen molar-refractivity contribution in [2.75, 3.05) is 30.9 Å². The monoisotopic (exact) mass is 416 g/mol. The number of carbonyl (C=O) groups is 1. The molecule has 0 saturated carbocycles. The highest BCUT2D eigenvalue weighted by atomic mass is 16.5. The third-order valence-corrected chi connectivity index (χ3v) is 5.15. The molecule has 1 aliphatic heterocycles. The van der Waals surface area contributed by atoms with Gasteiger partial charge >= 0.3 is 5.69 Å². The second kappa shape index (κ2) is 9.62. The Morgan fingerprint density at radius 1 is 1.33 bits per heavy atom. The molecule has 1 atom stereocenters. The summed E-state index contributed by atoms with van der Waals surface area (Å²) in [6, 6.07) is 6.65. The van der Waals surface area contributed by atoms with Gasteiger partial charge in [-0.1, -0.05) is 13.3 Å². The number of hydrogen-bond donors (Lipinski definition) is 2. The first kappa shape index (κ1) is 21.6. The molecule has 9 heteroatoms. The number of nitrogens with zero attached hydrogens (tertiary/aromatic N) is 2. The van der Waals surface area contributed by atoms with Gasteiger partial charge < -0.3 is 20.1 Å². The number of benzene rings is 1. The van der Waals surface area contributed by atoms with Crippen molar-refractivity contribution in [2.24, 2.45) is 0 Å². The molecule has 0 aliphatic carbocycles.